The summed E-state index contributed by atoms with van der Waals surface area (Å²) in [7, 11) is 0. The van der Waals surface area contributed by atoms with Gasteiger partial charge < -0.3 is 14.8 Å². The predicted molar refractivity (Wildman–Crippen MR) is 86.0 cm³/mol. The van der Waals surface area contributed by atoms with Gasteiger partial charge in [-0.15, -0.1) is 0 Å². The highest BCUT2D eigenvalue weighted by Gasteiger charge is 2.22. The number of anilines is 1. The van der Waals surface area contributed by atoms with Gasteiger partial charge in [0.05, 0.1) is 12.2 Å². The zero-order valence-corrected chi connectivity index (χ0v) is 13.6. The molecule has 1 aromatic rings. The molecule has 2 aliphatic heterocycles. The van der Waals surface area contributed by atoms with E-state index in [4.69, 9.17) is 9.47 Å². The van der Waals surface area contributed by atoms with Crippen LogP contribution in [-0.4, -0.2) is 43.0 Å². The van der Waals surface area contributed by atoms with Crippen molar-refractivity contribution in [2.75, 3.05) is 31.7 Å². The summed E-state index contributed by atoms with van der Waals surface area (Å²) in [6.07, 6.45) is 2.34. The second kappa shape index (κ2) is 6.58. The van der Waals surface area contributed by atoms with E-state index in [0.717, 1.165) is 19.5 Å². The highest BCUT2D eigenvalue weighted by atomic mass is 16.7. The first-order valence-electron chi connectivity index (χ1n) is 7.99. The number of piperidine rings is 1. The fraction of sp³-hybridized carbons (Fsp3) is 0.529. The van der Waals surface area contributed by atoms with E-state index in [1.807, 2.05) is 0 Å². The van der Waals surface area contributed by atoms with Crippen molar-refractivity contribution >= 4 is 17.4 Å². The highest BCUT2D eigenvalue weighted by molar-refractivity contribution is 6.05. The third kappa shape index (κ3) is 3.64. The molecule has 1 N–H and O–H groups in total. The number of carbonyl (C=O) groups is 2. The normalized spacial score (nSPS) is 20.3. The molecule has 23 heavy (non-hydrogen) atoms. The summed E-state index contributed by atoms with van der Waals surface area (Å²) in [6.45, 7) is 6.04. The van der Waals surface area contributed by atoms with Crippen LogP contribution in [0, 0.1) is 5.92 Å². The van der Waals surface area contributed by atoms with Crippen LogP contribution in [0.4, 0.5) is 5.69 Å². The van der Waals surface area contributed by atoms with E-state index in [-0.39, 0.29) is 18.5 Å². The van der Waals surface area contributed by atoms with Gasteiger partial charge in [-0.25, -0.2) is 0 Å². The first kappa shape index (κ1) is 15.8. The Labute approximate surface area is 135 Å². The summed E-state index contributed by atoms with van der Waals surface area (Å²) in [5, 5.41) is 2.85. The summed E-state index contributed by atoms with van der Waals surface area (Å²) in [5.41, 5.74) is 0.923. The van der Waals surface area contributed by atoms with Gasteiger partial charge >= 0.3 is 0 Å². The number of fused-ring (bicyclic) bond motifs is 1. The maximum atomic E-state index is 12.3. The number of rotatable bonds is 4. The molecule has 0 aliphatic carbocycles. The molecule has 1 amide bonds. The quantitative estimate of drug-likeness (QED) is 0.863. The Bertz CT molecular complexity index is 629. The van der Waals surface area contributed by atoms with Crippen LogP contribution in [0.5, 0.6) is 11.5 Å². The number of carbonyl (C=O) groups excluding carboxylic acids is 2. The van der Waals surface area contributed by atoms with Gasteiger partial charge in [-0.1, -0.05) is 6.92 Å². The van der Waals surface area contributed by atoms with Crippen molar-refractivity contribution in [2.24, 2.45) is 5.92 Å². The lowest BCUT2D eigenvalue weighted by atomic mass is 10.0. The molecule has 6 heteroatoms. The number of ketones is 1. The van der Waals surface area contributed by atoms with Crippen molar-refractivity contribution in [1.82, 2.24) is 4.90 Å². The van der Waals surface area contributed by atoms with Gasteiger partial charge in [0.25, 0.3) is 0 Å². The Kier molecular flexibility index (Phi) is 4.52. The van der Waals surface area contributed by atoms with Crippen molar-refractivity contribution in [1.29, 1.82) is 0 Å². The molecule has 2 heterocycles. The van der Waals surface area contributed by atoms with E-state index in [1.54, 1.807) is 12.1 Å². The molecule has 3 rings (SSSR count). The number of hydrogen-bond donors (Lipinski definition) is 1. The first-order valence-corrected chi connectivity index (χ1v) is 7.99. The van der Waals surface area contributed by atoms with Gasteiger partial charge in [-0.2, -0.15) is 0 Å². The molecule has 0 bridgehead atoms. The molecular formula is C17H22N2O4. The van der Waals surface area contributed by atoms with Crippen LogP contribution in [-0.2, 0) is 4.79 Å². The highest BCUT2D eigenvalue weighted by Crippen LogP contribution is 2.37. The molecule has 124 valence electrons. The standard InChI is InChI=1S/C17H22N2O4/c1-11-4-3-5-19(8-11)9-17(21)18-14-7-16-15(22-10-23-16)6-13(14)12(2)20/h6-7,11H,3-5,8-10H2,1-2H3,(H,18,21). The average molecular weight is 318 g/mol. The van der Waals surface area contributed by atoms with Gasteiger partial charge in [0.15, 0.2) is 17.3 Å². The Hall–Kier alpha value is -2.08. The number of amides is 1. The number of nitrogens with zero attached hydrogens (tertiary/aromatic N) is 1. The van der Waals surface area contributed by atoms with Crippen molar-refractivity contribution in [2.45, 2.75) is 26.7 Å². The number of likely N-dealkylation sites (tertiary alicyclic amines) is 1. The van der Waals surface area contributed by atoms with Crippen molar-refractivity contribution < 1.29 is 19.1 Å². The zero-order valence-electron chi connectivity index (χ0n) is 13.6. The van der Waals surface area contributed by atoms with E-state index >= 15 is 0 Å². The smallest absolute Gasteiger partial charge is 0.238 e. The minimum Gasteiger partial charge on any atom is -0.454 e. The maximum absolute atomic E-state index is 12.3. The predicted octanol–water partition coefficient (Wildman–Crippen LogP) is 2.29. The first-order chi connectivity index (χ1) is 11.0. The topological polar surface area (TPSA) is 67.9 Å². The van der Waals surface area contributed by atoms with Crippen LogP contribution in [0.25, 0.3) is 0 Å². The maximum Gasteiger partial charge on any atom is 0.238 e. The summed E-state index contributed by atoms with van der Waals surface area (Å²) in [4.78, 5) is 26.3. The molecule has 6 nitrogen and oxygen atoms in total. The van der Waals surface area contributed by atoms with Crippen LogP contribution in [0.2, 0.25) is 0 Å². The summed E-state index contributed by atoms with van der Waals surface area (Å²) < 4.78 is 10.6. The molecule has 0 saturated carbocycles. The van der Waals surface area contributed by atoms with Gasteiger partial charge in [0, 0.05) is 18.2 Å². The van der Waals surface area contributed by atoms with Crippen LogP contribution < -0.4 is 14.8 Å². The minimum atomic E-state index is -0.120. The molecule has 1 unspecified atom stereocenters. The number of benzene rings is 1. The van der Waals surface area contributed by atoms with Crippen LogP contribution in [0.1, 0.15) is 37.0 Å². The second-order valence-electron chi connectivity index (χ2n) is 6.34. The third-order valence-electron chi connectivity index (χ3n) is 4.27. The van der Waals surface area contributed by atoms with Crippen molar-refractivity contribution in [3.8, 4) is 11.5 Å². The van der Waals surface area contributed by atoms with E-state index < -0.39 is 0 Å². The minimum absolute atomic E-state index is 0.111. The molecule has 1 aromatic carbocycles. The van der Waals surface area contributed by atoms with E-state index in [0.29, 0.717) is 35.2 Å². The monoisotopic (exact) mass is 318 g/mol. The SMILES string of the molecule is CC(=O)c1cc2c(cc1NC(=O)CN1CCCC(C)C1)OCO2. The lowest BCUT2D eigenvalue weighted by Crippen LogP contribution is -2.39. The van der Waals surface area contributed by atoms with E-state index in [9.17, 15) is 9.59 Å². The lowest BCUT2D eigenvalue weighted by molar-refractivity contribution is -0.117. The fourth-order valence-corrected chi connectivity index (χ4v) is 3.16. The molecule has 0 radical (unpaired) electrons. The molecular weight excluding hydrogens is 296 g/mol. The number of Topliss-reactive ketones (excluding diaryl/α,β-unsaturated/α-hetero) is 1. The molecule has 0 spiro atoms. The molecule has 1 fully saturated rings. The van der Waals surface area contributed by atoms with Gasteiger partial charge in [-0.3, -0.25) is 14.5 Å². The van der Waals surface area contributed by atoms with Crippen LogP contribution in [0.15, 0.2) is 12.1 Å². The summed E-state index contributed by atoms with van der Waals surface area (Å²) in [5.74, 6) is 1.48. The van der Waals surface area contributed by atoms with Crippen molar-refractivity contribution in [3.63, 3.8) is 0 Å². The lowest BCUT2D eigenvalue weighted by Gasteiger charge is -2.30. The number of ether oxygens (including phenoxy) is 2. The average Bonchev–Trinajstić information content (AvgIpc) is 2.93. The Morgan fingerprint density at radius 2 is 2.04 bits per heavy atom. The fourth-order valence-electron chi connectivity index (χ4n) is 3.16. The third-order valence-corrected chi connectivity index (χ3v) is 4.27. The molecule has 2 aliphatic rings. The van der Waals surface area contributed by atoms with Crippen LogP contribution in [0.3, 0.4) is 0 Å². The Morgan fingerprint density at radius 3 is 2.74 bits per heavy atom. The zero-order chi connectivity index (χ0) is 16.4. The van der Waals surface area contributed by atoms with Gasteiger partial charge in [0.1, 0.15) is 0 Å². The summed E-state index contributed by atoms with van der Waals surface area (Å²) >= 11 is 0. The molecule has 1 saturated heterocycles. The van der Waals surface area contributed by atoms with Gasteiger partial charge in [-0.05, 0) is 38.3 Å². The van der Waals surface area contributed by atoms with E-state index in [1.165, 1.54) is 13.3 Å². The van der Waals surface area contributed by atoms with Gasteiger partial charge in [0.2, 0.25) is 12.7 Å². The van der Waals surface area contributed by atoms with Crippen molar-refractivity contribution in [3.05, 3.63) is 17.7 Å². The Morgan fingerprint density at radius 1 is 1.30 bits per heavy atom. The molecule has 1 atom stereocenters. The van der Waals surface area contributed by atoms with E-state index in [2.05, 4.69) is 17.1 Å². The van der Waals surface area contributed by atoms with Crippen LogP contribution >= 0.6 is 0 Å². The summed E-state index contributed by atoms with van der Waals surface area (Å²) in [6, 6.07) is 3.29. The molecule has 0 aromatic heterocycles. The Balaban J connectivity index is 1.71. The number of nitrogens with one attached hydrogen (secondary N) is 1. The largest absolute Gasteiger partial charge is 0.454 e. The number of hydrogen-bond acceptors (Lipinski definition) is 5. The second-order valence-corrected chi connectivity index (χ2v) is 6.34.